The van der Waals surface area contributed by atoms with E-state index in [1.807, 2.05) is 6.92 Å². The fourth-order valence-corrected chi connectivity index (χ4v) is 2.08. The Hall–Kier alpha value is -2.97. The zero-order chi connectivity index (χ0) is 17.1. The number of aromatic amines is 1. The Bertz CT molecular complexity index is 868. The van der Waals surface area contributed by atoms with Crippen LogP contribution in [0, 0.1) is 11.6 Å². The molecule has 24 heavy (non-hydrogen) atoms. The van der Waals surface area contributed by atoms with Gasteiger partial charge in [-0.3, -0.25) is 0 Å². The summed E-state index contributed by atoms with van der Waals surface area (Å²) in [6.45, 7) is 2.67. The fraction of sp³-hybridized carbons (Fsp3) is 0.267. The minimum Gasteiger partial charge on any atom is -0.494 e. The second-order valence-corrected chi connectivity index (χ2v) is 4.88. The van der Waals surface area contributed by atoms with Crippen molar-refractivity contribution in [1.82, 2.24) is 19.9 Å². The van der Waals surface area contributed by atoms with E-state index in [9.17, 15) is 8.78 Å². The molecule has 0 saturated heterocycles. The van der Waals surface area contributed by atoms with Crippen LogP contribution in [0.25, 0.3) is 11.2 Å². The molecular weight excluding hydrogens is 320 g/mol. The monoisotopic (exact) mass is 335 g/mol. The van der Waals surface area contributed by atoms with Crippen LogP contribution in [0.4, 0.5) is 14.6 Å². The second kappa shape index (κ2) is 6.65. The third kappa shape index (κ3) is 2.92. The first-order valence-electron chi connectivity index (χ1n) is 7.28. The van der Waals surface area contributed by atoms with Crippen LogP contribution in [0.5, 0.6) is 17.5 Å². The highest BCUT2D eigenvalue weighted by Crippen LogP contribution is 2.30. The number of imidazole rings is 1. The predicted octanol–water partition coefficient (Wildman–Crippen LogP) is 3.25. The van der Waals surface area contributed by atoms with Gasteiger partial charge in [-0.05, 0) is 18.6 Å². The molecule has 0 bridgehead atoms. The number of ether oxygens (including phenoxy) is 2. The topological polar surface area (TPSA) is 85.0 Å². The second-order valence-electron chi connectivity index (χ2n) is 4.88. The highest BCUT2D eigenvalue weighted by atomic mass is 19.2. The SMILES string of the molecule is CCCNc1nc(Oc2ccc(OC)c(F)c2F)nc2[nH]cnc12. The molecule has 3 aromatic rings. The Morgan fingerprint density at radius 2 is 1.92 bits per heavy atom. The van der Waals surface area contributed by atoms with Crippen molar-refractivity contribution in [2.45, 2.75) is 13.3 Å². The fourth-order valence-electron chi connectivity index (χ4n) is 2.08. The molecule has 1 aromatic carbocycles. The summed E-state index contributed by atoms with van der Waals surface area (Å²) in [5, 5.41) is 3.09. The molecule has 0 fully saturated rings. The lowest BCUT2D eigenvalue weighted by Gasteiger charge is -2.10. The van der Waals surface area contributed by atoms with Gasteiger partial charge in [-0.25, -0.2) is 4.98 Å². The van der Waals surface area contributed by atoms with Gasteiger partial charge >= 0.3 is 6.01 Å². The summed E-state index contributed by atoms with van der Waals surface area (Å²) in [5.41, 5.74) is 0.963. The number of anilines is 1. The number of nitrogens with zero attached hydrogens (tertiary/aromatic N) is 3. The van der Waals surface area contributed by atoms with Gasteiger partial charge in [-0.1, -0.05) is 6.92 Å². The van der Waals surface area contributed by atoms with E-state index in [-0.39, 0.29) is 17.5 Å². The summed E-state index contributed by atoms with van der Waals surface area (Å²) in [6.07, 6.45) is 2.35. The molecule has 0 unspecified atom stereocenters. The molecule has 0 radical (unpaired) electrons. The van der Waals surface area contributed by atoms with E-state index in [1.54, 1.807) is 0 Å². The summed E-state index contributed by atoms with van der Waals surface area (Å²) >= 11 is 0. The van der Waals surface area contributed by atoms with Crippen LogP contribution in [-0.4, -0.2) is 33.6 Å². The minimum absolute atomic E-state index is 0.131. The molecule has 126 valence electrons. The van der Waals surface area contributed by atoms with Gasteiger partial charge in [0.15, 0.2) is 23.0 Å². The molecule has 0 saturated carbocycles. The standard InChI is InChI=1S/C15H15F2N5O2/c1-3-6-18-13-12-14(20-7-19-12)22-15(21-13)24-9-5-4-8(23-2)10(16)11(9)17/h4-5,7H,3,6H2,1-2H3,(H2,18,19,20,21,22). The third-order valence-corrected chi connectivity index (χ3v) is 3.23. The maximum Gasteiger partial charge on any atom is 0.326 e. The average molecular weight is 335 g/mol. The number of methoxy groups -OCH3 is 1. The number of H-pyrrole nitrogens is 1. The third-order valence-electron chi connectivity index (χ3n) is 3.23. The minimum atomic E-state index is -1.18. The number of halogens is 2. The van der Waals surface area contributed by atoms with Gasteiger partial charge in [0, 0.05) is 6.54 Å². The van der Waals surface area contributed by atoms with E-state index in [2.05, 4.69) is 25.3 Å². The lowest BCUT2D eigenvalue weighted by molar-refractivity contribution is 0.353. The molecule has 7 nitrogen and oxygen atoms in total. The van der Waals surface area contributed by atoms with Gasteiger partial charge in [0.05, 0.1) is 13.4 Å². The predicted molar refractivity (Wildman–Crippen MR) is 83.4 cm³/mol. The lowest BCUT2D eigenvalue weighted by Crippen LogP contribution is -2.05. The molecule has 0 aliphatic carbocycles. The van der Waals surface area contributed by atoms with Gasteiger partial charge in [0.2, 0.25) is 11.6 Å². The number of aromatic nitrogens is 4. The summed E-state index contributed by atoms with van der Waals surface area (Å²) in [5.74, 6) is -2.41. The molecule has 3 rings (SSSR count). The molecule has 0 atom stereocenters. The average Bonchev–Trinajstić information content (AvgIpc) is 3.05. The van der Waals surface area contributed by atoms with E-state index in [0.29, 0.717) is 23.5 Å². The Balaban J connectivity index is 1.97. The van der Waals surface area contributed by atoms with E-state index in [1.165, 1.54) is 25.6 Å². The maximum absolute atomic E-state index is 14.0. The highest BCUT2D eigenvalue weighted by molar-refractivity contribution is 5.82. The van der Waals surface area contributed by atoms with E-state index in [0.717, 1.165) is 6.42 Å². The molecule has 0 amide bonds. The van der Waals surface area contributed by atoms with Crippen molar-refractivity contribution in [3.63, 3.8) is 0 Å². The number of rotatable bonds is 6. The lowest BCUT2D eigenvalue weighted by atomic mass is 10.3. The van der Waals surface area contributed by atoms with Crippen LogP contribution < -0.4 is 14.8 Å². The highest BCUT2D eigenvalue weighted by Gasteiger charge is 2.18. The van der Waals surface area contributed by atoms with Gasteiger partial charge in [-0.2, -0.15) is 18.7 Å². The number of hydrogen-bond acceptors (Lipinski definition) is 6. The number of hydrogen-bond donors (Lipinski definition) is 2. The first-order chi connectivity index (χ1) is 11.6. The van der Waals surface area contributed by atoms with Gasteiger partial charge in [0.1, 0.15) is 5.52 Å². The van der Waals surface area contributed by atoms with E-state index in [4.69, 9.17) is 9.47 Å². The molecule has 0 aliphatic heterocycles. The molecule has 2 aromatic heterocycles. The molecule has 0 spiro atoms. The largest absolute Gasteiger partial charge is 0.494 e. The van der Waals surface area contributed by atoms with Crippen LogP contribution in [0.1, 0.15) is 13.3 Å². The van der Waals surface area contributed by atoms with Gasteiger partial charge < -0.3 is 19.8 Å². The zero-order valence-electron chi connectivity index (χ0n) is 13.1. The van der Waals surface area contributed by atoms with Crippen molar-refractivity contribution in [2.24, 2.45) is 0 Å². The summed E-state index contributed by atoms with van der Waals surface area (Å²) < 4.78 is 37.8. The Morgan fingerprint density at radius 1 is 1.17 bits per heavy atom. The van der Waals surface area contributed by atoms with Crippen molar-refractivity contribution in [2.75, 3.05) is 19.0 Å². The van der Waals surface area contributed by atoms with E-state index < -0.39 is 11.6 Å². The summed E-state index contributed by atoms with van der Waals surface area (Å²) in [6, 6.07) is 2.38. The van der Waals surface area contributed by atoms with Crippen LogP contribution >= 0.6 is 0 Å². The maximum atomic E-state index is 14.0. The molecule has 0 aliphatic rings. The molecule has 9 heteroatoms. The Kier molecular flexibility index (Phi) is 4.41. The van der Waals surface area contributed by atoms with Crippen molar-refractivity contribution in [3.8, 4) is 17.5 Å². The number of benzene rings is 1. The molecule has 2 N–H and O–H groups in total. The zero-order valence-corrected chi connectivity index (χ0v) is 13.1. The summed E-state index contributed by atoms with van der Waals surface area (Å²) in [7, 11) is 1.25. The van der Waals surface area contributed by atoms with Gasteiger partial charge in [-0.15, -0.1) is 0 Å². The Labute approximate surface area is 136 Å². The smallest absolute Gasteiger partial charge is 0.326 e. The van der Waals surface area contributed by atoms with Crippen molar-refractivity contribution in [3.05, 3.63) is 30.1 Å². The van der Waals surface area contributed by atoms with Crippen LogP contribution in [0.3, 0.4) is 0 Å². The number of fused-ring (bicyclic) bond motifs is 1. The number of nitrogens with one attached hydrogen (secondary N) is 2. The summed E-state index contributed by atoms with van der Waals surface area (Å²) in [4.78, 5) is 15.2. The van der Waals surface area contributed by atoms with Crippen molar-refractivity contribution >= 4 is 17.0 Å². The normalized spacial score (nSPS) is 10.8. The van der Waals surface area contributed by atoms with Crippen LogP contribution in [-0.2, 0) is 0 Å². The Morgan fingerprint density at radius 3 is 2.67 bits per heavy atom. The van der Waals surface area contributed by atoms with Crippen molar-refractivity contribution < 1.29 is 18.3 Å². The van der Waals surface area contributed by atoms with Crippen molar-refractivity contribution in [1.29, 1.82) is 0 Å². The molecular formula is C15H15F2N5O2. The quantitative estimate of drug-likeness (QED) is 0.719. The first kappa shape index (κ1) is 15.9. The molecule has 2 heterocycles. The van der Waals surface area contributed by atoms with Crippen LogP contribution in [0.2, 0.25) is 0 Å². The first-order valence-corrected chi connectivity index (χ1v) is 7.28. The van der Waals surface area contributed by atoms with E-state index >= 15 is 0 Å². The van der Waals surface area contributed by atoms with Crippen LogP contribution in [0.15, 0.2) is 18.5 Å². The van der Waals surface area contributed by atoms with Gasteiger partial charge in [0.25, 0.3) is 0 Å².